The molecular weight excluding hydrogens is 365 g/mol. The zero-order valence-electron chi connectivity index (χ0n) is 17.1. The topological polar surface area (TPSA) is 52.6 Å². The molecular formula is C23H30FN5. The molecule has 1 aliphatic heterocycles. The van der Waals surface area contributed by atoms with E-state index in [1.807, 2.05) is 18.3 Å². The number of aromatic nitrogens is 1. The van der Waals surface area contributed by atoms with Crippen LogP contribution in [0, 0.1) is 5.82 Å². The summed E-state index contributed by atoms with van der Waals surface area (Å²) < 4.78 is 13.6. The van der Waals surface area contributed by atoms with Gasteiger partial charge in [-0.3, -0.25) is 4.99 Å². The van der Waals surface area contributed by atoms with Gasteiger partial charge in [0.15, 0.2) is 5.96 Å². The fourth-order valence-electron chi connectivity index (χ4n) is 4.06. The van der Waals surface area contributed by atoms with Crippen LogP contribution in [0.15, 0.2) is 47.6 Å². The lowest BCUT2D eigenvalue weighted by Gasteiger charge is -2.28. The van der Waals surface area contributed by atoms with E-state index in [4.69, 9.17) is 0 Å². The zero-order chi connectivity index (χ0) is 20.1. The summed E-state index contributed by atoms with van der Waals surface area (Å²) >= 11 is 0. The molecule has 1 aromatic heterocycles. The average molecular weight is 396 g/mol. The SMILES string of the molecule is CN=C(NCc1ccnc(N2CCCCC2)c1)NCC1(c2cccc(F)c2)CC1. The normalized spacial score (nSPS) is 18.4. The van der Waals surface area contributed by atoms with Gasteiger partial charge in [0, 0.05) is 44.8 Å². The molecule has 2 aliphatic rings. The van der Waals surface area contributed by atoms with Crippen molar-refractivity contribution in [1.29, 1.82) is 0 Å². The van der Waals surface area contributed by atoms with Gasteiger partial charge in [-0.15, -0.1) is 0 Å². The highest BCUT2D eigenvalue weighted by Crippen LogP contribution is 2.47. The van der Waals surface area contributed by atoms with E-state index in [-0.39, 0.29) is 11.2 Å². The summed E-state index contributed by atoms with van der Waals surface area (Å²) in [7, 11) is 1.78. The Labute approximate surface area is 172 Å². The number of pyridine rings is 1. The first kappa shape index (κ1) is 19.7. The highest BCUT2D eigenvalue weighted by Gasteiger charge is 2.44. The first-order chi connectivity index (χ1) is 14.2. The first-order valence-electron chi connectivity index (χ1n) is 10.6. The van der Waals surface area contributed by atoms with Crippen LogP contribution in [0.1, 0.15) is 43.2 Å². The summed E-state index contributed by atoms with van der Waals surface area (Å²) in [5, 5.41) is 6.83. The number of guanidine groups is 1. The fourth-order valence-corrected chi connectivity index (χ4v) is 4.06. The molecule has 0 atom stereocenters. The Morgan fingerprint density at radius 1 is 1.14 bits per heavy atom. The largest absolute Gasteiger partial charge is 0.357 e. The second-order valence-corrected chi connectivity index (χ2v) is 8.14. The first-order valence-corrected chi connectivity index (χ1v) is 10.6. The van der Waals surface area contributed by atoms with E-state index in [2.05, 4.69) is 31.6 Å². The monoisotopic (exact) mass is 395 g/mol. The van der Waals surface area contributed by atoms with E-state index in [9.17, 15) is 4.39 Å². The van der Waals surface area contributed by atoms with Gasteiger partial charge in [0.2, 0.25) is 0 Å². The Morgan fingerprint density at radius 3 is 2.69 bits per heavy atom. The minimum atomic E-state index is -0.168. The van der Waals surface area contributed by atoms with Crippen molar-refractivity contribution in [2.45, 2.75) is 44.1 Å². The van der Waals surface area contributed by atoms with Crippen molar-refractivity contribution in [3.63, 3.8) is 0 Å². The molecule has 2 aromatic rings. The third kappa shape index (κ3) is 4.86. The van der Waals surface area contributed by atoms with Crippen LogP contribution in [-0.2, 0) is 12.0 Å². The maximum atomic E-state index is 13.6. The van der Waals surface area contributed by atoms with Crippen LogP contribution in [0.25, 0.3) is 0 Å². The minimum Gasteiger partial charge on any atom is -0.357 e. The third-order valence-electron chi connectivity index (χ3n) is 6.06. The van der Waals surface area contributed by atoms with Gasteiger partial charge >= 0.3 is 0 Å². The summed E-state index contributed by atoms with van der Waals surface area (Å²) in [6.45, 7) is 3.63. The molecule has 2 fully saturated rings. The Bertz CT molecular complexity index is 856. The maximum Gasteiger partial charge on any atom is 0.191 e. The highest BCUT2D eigenvalue weighted by atomic mass is 19.1. The molecule has 2 heterocycles. The summed E-state index contributed by atoms with van der Waals surface area (Å²) in [5.74, 6) is 1.66. The van der Waals surface area contributed by atoms with Crippen LogP contribution in [0.5, 0.6) is 0 Å². The molecule has 6 heteroatoms. The Balaban J connectivity index is 1.32. The minimum absolute atomic E-state index is 0.0256. The third-order valence-corrected chi connectivity index (χ3v) is 6.06. The summed E-state index contributed by atoms with van der Waals surface area (Å²) in [4.78, 5) is 11.3. The molecule has 0 amide bonds. The number of rotatable bonds is 6. The second-order valence-electron chi connectivity index (χ2n) is 8.14. The van der Waals surface area contributed by atoms with Crippen molar-refractivity contribution >= 4 is 11.8 Å². The fraction of sp³-hybridized carbons (Fsp3) is 0.478. The molecule has 0 bridgehead atoms. The average Bonchev–Trinajstić information content (AvgIpc) is 3.56. The second kappa shape index (κ2) is 8.80. The van der Waals surface area contributed by atoms with Crippen LogP contribution in [0.2, 0.25) is 0 Å². The van der Waals surface area contributed by atoms with Gasteiger partial charge in [0.25, 0.3) is 0 Å². The maximum absolute atomic E-state index is 13.6. The quantitative estimate of drug-likeness (QED) is 0.580. The van der Waals surface area contributed by atoms with E-state index < -0.39 is 0 Å². The van der Waals surface area contributed by atoms with Crippen molar-refractivity contribution in [1.82, 2.24) is 15.6 Å². The molecule has 29 heavy (non-hydrogen) atoms. The van der Waals surface area contributed by atoms with Crippen molar-refractivity contribution in [2.24, 2.45) is 4.99 Å². The number of anilines is 1. The van der Waals surface area contributed by atoms with Crippen LogP contribution < -0.4 is 15.5 Å². The highest BCUT2D eigenvalue weighted by molar-refractivity contribution is 5.79. The smallest absolute Gasteiger partial charge is 0.191 e. The number of nitrogens with one attached hydrogen (secondary N) is 2. The predicted molar refractivity (Wildman–Crippen MR) is 116 cm³/mol. The molecule has 4 rings (SSSR count). The Kier molecular flexibility index (Phi) is 5.97. The van der Waals surface area contributed by atoms with Crippen LogP contribution in [0.3, 0.4) is 0 Å². The number of nitrogens with zero attached hydrogens (tertiary/aromatic N) is 3. The number of aliphatic imine (C=N–C) groups is 1. The molecule has 154 valence electrons. The number of hydrogen-bond donors (Lipinski definition) is 2. The van der Waals surface area contributed by atoms with Crippen LogP contribution >= 0.6 is 0 Å². The molecule has 1 saturated heterocycles. The van der Waals surface area contributed by atoms with Gasteiger partial charge in [0.1, 0.15) is 11.6 Å². The van der Waals surface area contributed by atoms with Gasteiger partial charge < -0.3 is 15.5 Å². The van der Waals surface area contributed by atoms with E-state index >= 15 is 0 Å². The summed E-state index contributed by atoms with van der Waals surface area (Å²) in [5.41, 5.74) is 2.29. The van der Waals surface area contributed by atoms with Crippen LogP contribution in [-0.4, -0.2) is 37.6 Å². The van der Waals surface area contributed by atoms with E-state index in [1.165, 1.54) is 30.9 Å². The molecule has 0 unspecified atom stereocenters. The molecule has 2 N–H and O–H groups in total. The molecule has 0 radical (unpaired) electrons. The van der Waals surface area contributed by atoms with Crippen molar-refractivity contribution in [3.05, 3.63) is 59.5 Å². The summed E-state index contributed by atoms with van der Waals surface area (Å²) in [6, 6.07) is 11.2. The summed E-state index contributed by atoms with van der Waals surface area (Å²) in [6.07, 6.45) is 7.84. The van der Waals surface area contributed by atoms with E-state index in [0.717, 1.165) is 49.8 Å². The lowest BCUT2D eigenvalue weighted by Crippen LogP contribution is -2.41. The van der Waals surface area contributed by atoms with E-state index in [0.29, 0.717) is 6.54 Å². The molecule has 1 aliphatic carbocycles. The number of halogens is 1. The lowest BCUT2D eigenvalue weighted by atomic mass is 9.96. The van der Waals surface area contributed by atoms with Gasteiger partial charge in [-0.05, 0) is 67.5 Å². The predicted octanol–water partition coefficient (Wildman–Crippen LogP) is 3.61. The molecule has 0 spiro atoms. The van der Waals surface area contributed by atoms with Crippen LogP contribution in [0.4, 0.5) is 10.2 Å². The van der Waals surface area contributed by atoms with Gasteiger partial charge in [0.05, 0.1) is 0 Å². The van der Waals surface area contributed by atoms with Crippen molar-refractivity contribution in [3.8, 4) is 0 Å². The Morgan fingerprint density at radius 2 is 1.97 bits per heavy atom. The van der Waals surface area contributed by atoms with Gasteiger partial charge in [-0.25, -0.2) is 9.37 Å². The number of hydrogen-bond acceptors (Lipinski definition) is 3. The number of piperidine rings is 1. The standard InChI is InChI=1S/C23H30FN5/c1-25-22(28-17-23(9-10-23)19-6-5-7-20(24)15-19)27-16-18-8-11-26-21(14-18)29-12-3-2-4-13-29/h5-8,11,14-15H,2-4,9-10,12-13,16-17H2,1H3,(H2,25,27,28). The zero-order valence-corrected chi connectivity index (χ0v) is 17.1. The number of benzene rings is 1. The van der Waals surface area contributed by atoms with Gasteiger partial charge in [-0.2, -0.15) is 0 Å². The molecule has 1 saturated carbocycles. The van der Waals surface area contributed by atoms with Gasteiger partial charge in [-0.1, -0.05) is 12.1 Å². The molecule has 1 aromatic carbocycles. The van der Waals surface area contributed by atoms with Crippen molar-refractivity contribution < 1.29 is 4.39 Å². The lowest BCUT2D eigenvalue weighted by molar-refractivity contribution is 0.573. The molecule has 5 nitrogen and oxygen atoms in total. The Hall–Kier alpha value is -2.63. The van der Waals surface area contributed by atoms with E-state index in [1.54, 1.807) is 19.2 Å². The van der Waals surface area contributed by atoms with Crippen molar-refractivity contribution in [2.75, 3.05) is 31.6 Å².